The second-order valence-electron chi connectivity index (χ2n) is 7.19. The molecular weight excluding hydrogens is 354 g/mol. The predicted molar refractivity (Wildman–Crippen MR) is 108 cm³/mol. The van der Waals surface area contributed by atoms with Crippen molar-refractivity contribution in [3.05, 3.63) is 36.4 Å². The summed E-state index contributed by atoms with van der Waals surface area (Å²) < 4.78 is 5.92. The van der Waals surface area contributed by atoms with E-state index >= 15 is 0 Å². The Morgan fingerprint density at radius 2 is 2.21 bits per heavy atom. The number of anilines is 1. The first kappa shape index (κ1) is 18.6. The molecule has 0 aromatic carbocycles. The van der Waals surface area contributed by atoms with Crippen molar-refractivity contribution in [1.29, 1.82) is 0 Å². The van der Waals surface area contributed by atoms with E-state index in [2.05, 4.69) is 32.4 Å². The van der Waals surface area contributed by atoms with Crippen molar-refractivity contribution in [1.82, 2.24) is 20.2 Å². The first-order valence-electron chi connectivity index (χ1n) is 9.95. The summed E-state index contributed by atoms with van der Waals surface area (Å²) in [4.78, 5) is 20.8. The molecule has 0 spiro atoms. The topological polar surface area (TPSA) is 92.8 Å². The number of amides is 1. The van der Waals surface area contributed by atoms with Gasteiger partial charge in [0.2, 0.25) is 5.91 Å². The molecule has 4 heterocycles. The molecule has 0 saturated carbocycles. The van der Waals surface area contributed by atoms with Crippen LogP contribution in [0.4, 0.5) is 5.69 Å². The number of pyridine rings is 2. The summed E-state index contributed by atoms with van der Waals surface area (Å²) in [6, 6.07) is 3.92. The number of hydrogen-bond acceptors (Lipinski definition) is 5. The van der Waals surface area contributed by atoms with E-state index in [1.165, 1.54) is 0 Å². The number of carbonyl (C=O) groups is 1. The zero-order chi connectivity index (χ0) is 19.3. The number of rotatable bonds is 6. The quantitative estimate of drug-likeness (QED) is 0.662. The summed E-state index contributed by atoms with van der Waals surface area (Å²) in [5.74, 6) is 0.00998. The Hall–Kier alpha value is -2.80. The Kier molecular flexibility index (Phi) is 5.62. The van der Waals surface area contributed by atoms with E-state index in [4.69, 9.17) is 4.74 Å². The van der Waals surface area contributed by atoms with Crippen LogP contribution in [-0.4, -0.2) is 32.7 Å². The number of fused-ring (bicyclic) bond motifs is 1. The van der Waals surface area contributed by atoms with Crippen LogP contribution in [0.1, 0.15) is 57.2 Å². The Labute approximate surface area is 163 Å². The van der Waals surface area contributed by atoms with Gasteiger partial charge in [0.25, 0.3) is 0 Å². The molecule has 1 aliphatic rings. The maximum absolute atomic E-state index is 12.0. The molecule has 146 valence electrons. The first-order valence-corrected chi connectivity index (χ1v) is 9.95. The Morgan fingerprint density at radius 1 is 1.29 bits per heavy atom. The van der Waals surface area contributed by atoms with Crippen LogP contribution in [0, 0.1) is 0 Å². The predicted octanol–water partition coefficient (Wildman–Crippen LogP) is 4.39. The standard InChI is InChI=1S/C21H25N5O2/c1-2-3-7-20(27)24-15-9-14(11-22-12-15)17-10-16-18(13-23-17)25-26-21(16)19-6-4-5-8-28-19/h9-13,19H,2-8H2,1H3,(H,24,27)(H,25,26). The van der Waals surface area contributed by atoms with Gasteiger partial charge in [0, 0.05) is 30.2 Å². The average Bonchev–Trinajstić information content (AvgIpc) is 3.16. The lowest BCUT2D eigenvalue weighted by Crippen LogP contribution is -2.12. The molecule has 0 aliphatic carbocycles. The van der Waals surface area contributed by atoms with Crippen molar-refractivity contribution in [3.8, 4) is 11.3 Å². The second-order valence-corrected chi connectivity index (χ2v) is 7.19. The maximum Gasteiger partial charge on any atom is 0.224 e. The van der Waals surface area contributed by atoms with Gasteiger partial charge in [0.15, 0.2) is 0 Å². The third kappa shape index (κ3) is 4.04. The van der Waals surface area contributed by atoms with Crippen molar-refractivity contribution in [2.24, 2.45) is 0 Å². The summed E-state index contributed by atoms with van der Waals surface area (Å²) in [7, 11) is 0. The number of aromatic nitrogens is 4. The highest BCUT2D eigenvalue weighted by atomic mass is 16.5. The lowest BCUT2D eigenvalue weighted by atomic mass is 10.0. The molecule has 1 amide bonds. The number of unbranched alkanes of at least 4 members (excludes halogenated alkanes) is 1. The SMILES string of the molecule is CCCCC(=O)Nc1cncc(-c2cc3c(C4CCCCO4)[nH]nc3cn2)c1. The van der Waals surface area contributed by atoms with E-state index in [0.29, 0.717) is 12.1 Å². The fourth-order valence-electron chi connectivity index (χ4n) is 3.51. The highest BCUT2D eigenvalue weighted by Crippen LogP contribution is 2.32. The van der Waals surface area contributed by atoms with Gasteiger partial charge >= 0.3 is 0 Å². The van der Waals surface area contributed by atoms with Crippen molar-refractivity contribution in [2.75, 3.05) is 11.9 Å². The normalized spacial score (nSPS) is 17.0. The molecule has 7 nitrogen and oxygen atoms in total. The number of ether oxygens (including phenoxy) is 1. The molecule has 0 radical (unpaired) electrons. The van der Waals surface area contributed by atoms with Crippen molar-refractivity contribution in [3.63, 3.8) is 0 Å². The van der Waals surface area contributed by atoms with Gasteiger partial charge in [-0.15, -0.1) is 0 Å². The largest absolute Gasteiger partial charge is 0.372 e. The third-order valence-corrected chi connectivity index (χ3v) is 5.05. The van der Waals surface area contributed by atoms with Gasteiger partial charge < -0.3 is 10.1 Å². The minimum absolute atomic E-state index is 0.00998. The fourth-order valence-corrected chi connectivity index (χ4v) is 3.51. The summed E-state index contributed by atoms with van der Waals surface area (Å²) in [6.45, 7) is 2.85. The highest BCUT2D eigenvalue weighted by molar-refractivity contribution is 5.91. The molecule has 7 heteroatoms. The van der Waals surface area contributed by atoms with E-state index < -0.39 is 0 Å². The second kappa shape index (κ2) is 8.48. The summed E-state index contributed by atoms with van der Waals surface area (Å²) in [6.07, 6.45) is 10.9. The van der Waals surface area contributed by atoms with Crippen LogP contribution < -0.4 is 5.32 Å². The molecule has 1 atom stereocenters. The van der Waals surface area contributed by atoms with Gasteiger partial charge in [-0.3, -0.25) is 19.9 Å². The molecule has 3 aromatic rings. The zero-order valence-electron chi connectivity index (χ0n) is 16.1. The Bertz CT molecular complexity index is 962. The number of nitrogens with one attached hydrogen (secondary N) is 2. The molecule has 1 unspecified atom stereocenters. The van der Waals surface area contributed by atoms with Gasteiger partial charge in [-0.1, -0.05) is 13.3 Å². The molecule has 0 bridgehead atoms. The monoisotopic (exact) mass is 379 g/mol. The number of nitrogens with zero attached hydrogens (tertiary/aromatic N) is 3. The van der Waals surface area contributed by atoms with Gasteiger partial charge in [0.05, 0.1) is 35.6 Å². The molecule has 28 heavy (non-hydrogen) atoms. The lowest BCUT2D eigenvalue weighted by Gasteiger charge is -2.21. The van der Waals surface area contributed by atoms with Crippen LogP contribution >= 0.6 is 0 Å². The van der Waals surface area contributed by atoms with E-state index in [1.807, 2.05) is 12.1 Å². The van der Waals surface area contributed by atoms with Crippen LogP contribution in [-0.2, 0) is 9.53 Å². The molecular formula is C21H25N5O2. The van der Waals surface area contributed by atoms with Crippen LogP contribution in [0.5, 0.6) is 0 Å². The van der Waals surface area contributed by atoms with Crippen LogP contribution in [0.3, 0.4) is 0 Å². The van der Waals surface area contributed by atoms with Crippen LogP contribution in [0.2, 0.25) is 0 Å². The van der Waals surface area contributed by atoms with E-state index in [9.17, 15) is 4.79 Å². The summed E-state index contributed by atoms with van der Waals surface area (Å²) in [5, 5.41) is 11.4. The maximum atomic E-state index is 12.0. The molecule has 1 aliphatic heterocycles. The van der Waals surface area contributed by atoms with Gasteiger partial charge in [0.1, 0.15) is 5.52 Å². The first-order chi connectivity index (χ1) is 13.7. The Balaban J connectivity index is 1.60. The van der Waals surface area contributed by atoms with Crippen LogP contribution in [0.15, 0.2) is 30.7 Å². The molecule has 2 N–H and O–H groups in total. The fraction of sp³-hybridized carbons (Fsp3) is 0.429. The van der Waals surface area contributed by atoms with Gasteiger partial charge in [-0.25, -0.2) is 0 Å². The van der Waals surface area contributed by atoms with E-state index in [1.54, 1.807) is 18.6 Å². The highest BCUT2D eigenvalue weighted by Gasteiger charge is 2.21. The molecule has 3 aromatic heterocycles. The average molecular weight is 379 g/mol. The molecule has 1 saturated heterocycles. The molecule has 1 fully saturated rings. The van der Waals surface area contributed by atoms with Gasteiger partial charge in [-0.05, 0) is 37.8 Å². The van der Waals surface area contributed by atoms with Crippen LogP contribution in [0.25, 0.3) is 22.2 Å². The number of carbonyl (C=O) groups excluding carboxylic acids is 1. The number of aromatic amines is 1. The van der Waals surface area contributed by atoms with Gasteiger partial charge in [-0.2, -0.15) is 5.10 Å². The molecule has 4 rings (SSSR count). The lowest BCUT2D eigenvalue weighted by molar-refractivity contribution is -0.116. The minimum Gasteiger partial charge on any atom is -0.372 e. The summed E-state index contributed by atoms with van der Waals surface area (Å²) in [5.41, 5.74) is 4.17. The zero-order valence-corrected chi connectivity index (χ0v) is 16.1. The minimum atomic E-state index is 0.00998. The van der Waals surface area contributed by atoms with Crippen molar-refractivity contribution in [2.45, 2.75) is 51.6 Å². The van der Waals surface area contributed by atoms with E-state index in [0.717, 1.165) is 66.6 Å². The third-order valence-electron chi connectivity index (χ3n) is 5.05. The Morgan fingerprint density at radius 3 is 3.04 bits per heavy atom. The number of H-pyrrole nitrogens is 1. The summed E-state index contributed by atoms with van der Waals surface area (Å²) >= 11 is 0. The van der Waals surface area contributed by atoms with E-state index in [-0.39, 0.29) is 12.0 Å². The van der Waals surface area contributed by atoms with Crippen molar-refractivity contribution < 1.29 is 9.53 Å². The smallest absolute Gasteiger partial charge is 0.224 e. The number of hydrogen-bond donors (Lipinski definition) is 2. The van der Waals surface area contributed by atoms with Crippen molar-refractivity contribution >= 4 is 22.5 Å².